The fourth-order valence-corrected chi connectivity index (χ4v) is 1.61. The molecule has 4 nitrogen and oxygen atoms in total. The molecule has 90 valence electrons. The van der Waals surface area contributed by atoms with Gasteiger partial charge in [-0.15, -0.1) is 0 Å². The minimum Gasteiger partial charge on any atom is -0.469 e. The van der Waals surface area contributed by atoms with E-state index < -0.39 is 0 Å². The number of aryl methyl sites for hydroxylation is 1. The number of hydrogen-bond acceptors (Lipinski definition) is 3. The van der Waals surface area contributed by atoms with E-state index in [0.29, 0.717) is 18.7 Å². The molecule has 2 N–H and O–H groups in total. The van der Waals surface area contributed by atoms with Crippen LogP contribution in [0.25, 0.3) is 0 Å². The maximum absolute atomic E-state index is 12.1. The molecular weight excluding hydrogens is 204 g/mol. The molecule has 1 heterocycles. The summed E-state index contributed by atoms with van der Waals surface area (Å²) in [6.45, 7) is 5.98. The van der Waals surface area contributed by atoms with Crippen LogP contribution in [0.4, 0.5) is 0 Å². The van der Waals surface area contributed by atoms with Gasteiger partial charge >= 0.3 is 0 Å². The van der Waals surface area contributed by atoms with Crippen LogP contribution in [-0.2, 0) is 0 Å². The Morgan fingerprint density at radius 2 is 2.25 bits per heavy atom. The van der Waals surface area contributed by atoms with Crippen LogP contribution in [0.2, 0.25) is 0 Å². The Morgan fingerprint density at radius 1 is 1.50 bits per heavy atom. The van der Waals surface area contributed by atoms with E-state index in [1.807, 2.05) is 11.8 Å². The van der Waals surface area contributed by atoms with Crippen molar-refractivity contribution in [2.45, 2.75) is 26.7 Å². The van der Waals surface area contributed by atoms with Crippen LogP contribution < -0.4 is 5.73 Å². The van der Waals surface area contributed by atoms with Crippen molar-refractivity contribution < 1.29 is 9.21 Å². The molecule has 4 heteroatoms. The van der Waals surface area contributed by atoms with Crippen LogP contribution in [0, 0.1) is 6.92 Å². The van der Waals surface area contributed by atoms with Gasteiger partial charge in [0.2, 0.25) is 0 Å². The molecular formula is C12H20N2O2. The second-order valence-electron chi connectivity index (χ2n) is 3.88. The van der Waals surface area contributed by atoms with Crippen molar-refractivity contribution in [3.8, 4) is 0 Å². The topological polar surface area (TPSA) is 59.5 Å². The molecule has 0 radical (unpaired) electrons. The molecule has 0 aliphatic carbocycles. The highest BCUT2D eigenvalue weighted by Crippen LogP contribution is 2.10. The Labute approximate surface area is 96.4 Å². The Morgan fingerprint density at radius 3 is 2.75 bits per heavy atom. The summed E-state index contributed by atoms with van der Waals surface area (Å²) in [5.74, 6) is 0.797. The third-order valence-corrected chi connectivity index (χ3v) is 2.39. The molecule has 0 fully saturated rings. The molecule has 1 aromatic rings. The highest BCUT2D eigenvalue weighted by Gasteiger charge is 2.16. The standard InChI is InChI=1S/C12H20N2O2/c1-3-6-14(7-4-5-13)12(15)11-8-10(2)16-9-11/h8-9H,3-7,13H2,1-2H3. The first-order chi connectivity index (χ1) is 7.69. The Hall–Kier alpha value is -1.29. The summed E-state index contributed by atoms with van der Waals surface area (Å²) >= 11 is 0. The van der Waals surface area contributed by atoms with Crippen molar-refractivity contribution in [3.63, 3.8) is 0 Å². The lowest BCUT2D eigenvalue weighted by Crippen LogP contribution is -2.33. The first kappa shape index (κ1) is 12.8. The van der Waals surface area contributed by atoms with Crippen LogP contribution >= 0.6 is 0 Å². The van der Waals surface area contributed by atoms with E-state index in [4.69, 9.17) is 10.2 Å². The molecule has 0 saturated carbocycles. The number of carbonyl (C=O) groups excluding carboxylic acids is 1. The molecule has 16 heavy (non-hydrogen) atoms. The highest BCUT2D eigenvalue weighted by molar-refractivity contribution is 5.94. The number of carbonyl (C=O) groups is 1. The molecule has 1 amide bonds. The van der Waals surface area contributed by atoms with Crippen LogP contribution in [0.5, 0.6) is 0 Å². The summed E-state index contributed by atoms with van der Waals surface area (Å²) in [5.41, 5.74) is 6.09. The van der Waals surface area contributed by atoms with E-state index in [0.717, 1.165) is 25.1 Å². The van der Waals surface area contributed by atoms with Crippen molar-refractivity contribution >= 4 is 5.91 Å². The quantitative estimate of drug-likeness (QED) is 0.801. The van der Waals surface area contributed by atoms with E-state index in [-0.39, 0.29) is 5.91 Å². The lowest BCUT2D eigenvalue weighted by molar-refractivity contribution is 0.0754. The molecule has 0 aromatic carbocycles. The predicted molar refractivity (Wildman–Crippen MR) is 63.3 cm³/mol. The summed E-state index contributed by atoms with van der Waals surface area (Å²) < 4.78 is 5.15. The molecule has 1 aromatic heterocycles. The van der Waals surface area contributed by atoms with Crippen LogP contribution in [0.1, 0.15) is 35.9 Å². The van der Waals surface area contributed by atoms with Gasteiger partial charge in [0.05, 0.1) is 5.56 Å². The predicted octanol–water partition coefficient (Wildman–Crippen LogP) is 1.79. The van der Waals surface area contributed by atoms with Crippen molar-refractivity contribution in [1.29, 1.82) is 0 Å². The largest absolute Gasteiger partial charge is 0.469 e. The van der Waals surface area contributed by atoms with E-state index in [1.54, 1.807) is 6.07 Å². The van der Waals surface area contributed by atoms with Crippen molar-refractivity contribution in [3.05, 3.63) is 23.7 Å². The zero-order chi connectivity index (χ0) is 12.0. The summed E-state index contributed by atoms with van der Waals surface area (Å²) in [4.78, 5) is 13.9. The van der Waals surface area contributed by atoms with Gasteiger partial charge in [0.15, 0.2) is 0 Å². The van der Waals surface area contributed by atoms with Gasteiger partial charge in [-0.2, -0.15) is 0 Å². The summed E-state index contributed by atoms with van der Waals surface area (Å²) in [5, 5.41) is 0. The van der Waals surface area contributed by atoms with Crippen LogP contribution in [0.15, 0.2) is 16.7 Å². The van der Waals surface area contributed by atoms with Gasteiger partial charge in [0.1, 0.15) is 12.0 Å². The maximum Gasteiger partial charge on any atom is 0.257 e. The van der Waals surface area contributed by atoms with Crippen LogP contribution in [-0.4, -0.2) is 30.4 Å². The Bertz CT molecular complexity index is 334. The number of amides is 1. The van der Waals surface area contributed by atoms with E-state index in [2.05, 4.69) is 6.92 Å². The molecule has 0 bridgehead atoms. The third kappa shape index (κ3) is 3.38. The first-order valence-corrected chi connectivity index (χ1v) is 5.73. The van der Waals surface area contributed by atoms with Gasteiger partial charge in [0, 0.05) is 13.1 Å². The lowest BCUT2D eigenvalue weighted by Gasteiger charge is -2.20. The minimum atomic E-state index is 0.0344. The number of hydrogen-bond donors (Lipinski definition) is 1. The molecule has 0 unspecified atom stereocenters. The summed E-state index contributed by atoms with van der Waals surface area (Å²) in [7, 11) is 0. The molecule has 0 aliphatic heterocycles. The maximum atomic E-state index is 12.1. The summed E-state index contributed by atoms with van der Waals surface area (Å²) in [6, 6.07) is 1.77. The molecule has 0 atom stereocenters. The fraction of sp³-hybridized carbons (Fsp3) is 0.583. The summed E-state index contributed by atoms with van der Waals surface area (Å²) in [6.07, 6.45) is 3.30. The van der Waals surface area contributed by atoms with Gasteiger partial charge in [-0.25, -0.2) is 0 Å². The van der Waals surface area contributed by atoms with Crippen molar-refractivity contribution in [2.24, 2.45) is 5.73 Å². The second kappa shape index (κ2) is 6.33. The SMILES string of the molecule is CCCN(CCCN)C(=O)c1coc(C)c1. The average Bonchev–Trinajstić information content (AvgIpc) is 2.70. The first-order valence-electron chi connectivity index (χ1n) is 5.73. The molecule has 0 aliphatic rings. The van der Waals surface area contributed by atoms with Crippen molar-refractivity contribution in [2.75, 3.05) is 19.6 Å². The van der Waals surface area contributed by atoms with Gasteiger partial charge < -0.3 is 15.1 Å². The van der Waals surface area contributed by atoms with E-state index >= 15 is 0 Å². The van der Waals surface area contributed by atoms with E-state index in [1.165, 1.54) is 6.26 Å². The Kier molecular flexibility index (Phi) is 5.05. The number of furan rings is 1. The fourth-order valence-electron chi connectivity index (χ4n) is 1.61. The van der Waals surface area contributed by atoms with Crippen molar-refractivity contribution in [1.82, 2.24) is 4.90 Å². The van der Waals surface area contributed by atoms with Gasteiger partial charge in [-0.05, 0) is 32.4 Å². The smallest absolute Gasteiger partial charge is 0.257 e. The lowest BCUT2D eigenvalue weighted by atomic mass is 10.2. The van der Waals surface area contributed by atoms with Gasteiger partial charge in [-0.1, -0.05) is 6.92 Å². The monoisotopic (exact) mass is 224 g/mol. The highest BCUT2D eigenvalue weighted by atomic mass is 16.3. The second-order valence-corrected chi connectivity index (χ2v) is 3.88. The normalized spacial score (nSPS) is 10.4. The zero-order valence-corrected chi connectivity index (χ0v) is 10.0. The molecule has 0 spiro atoms. The van der Waals surface area contributed by atoms with Crippen LogP contribution in [0.3, 0.4) is 0 Å². The Balaban J connectivity index is 2.66. The van der Waals surface area contributed by atoms with Gasteiger partial charge in [0.25, 0.3) is 5.91 Å². The third-order valence-electron chi connectivity index (χ3n) is 2.39. The van der Waals surface area contributed by atoms with Gasteiger partial charge in [-0.3, -0.25) is 4.79 Å². The molecule has 0 saturated heterocycles. The van der Waals surface area contributed by atoms with E-state index in [9.17, 15) is 4.79 Å². The zero-order valence-electron chi connectivity index (χ0n) is 10.0. The molecule has 1 rings (SSSR count). The average molecular weight is 224 g/mol. The number of rotatable bonds is 6. The number of nitrogens with zero attached hydrogens (tertiary/aromatic N) is 1. The minimum absolute atomic E-state index is 0.0344. The number of nitrogens with two attached hydrogens (primary N) is 1.